The molecule has 106 valence electrons. The first kappa shape index (κ1) is 14.3. The van der Waals surface area contributed by atoms with Gasteiger partial charge in [0.2, 0.25) is 5.28 Å². The van der Waals surface area contributed by atoms with Gasteiger partial charge in [0, 0.05) is 19.2 Å². The molecule has 0 radical (unpaired) electrons. The lowest BCUT2D eigenvalue weighted by molar-refractivity contribution is -0.141. The molecule has 1 saturated heterocycles. The van der Waals surface area contributed by atoms with E-state index in [0.717, 1.165) is 25.3 Å². The third-order valence-electron chi connectivity index (χ3n) is 2.77. The van der Waals surface area contributed by atoms with Crippen LogP contribution in [0.5, 0.6) is 0 Å². The van der Waals surface area contributed by atoms with E-state index < -0.39 is 17.2 Å². The maximum atomic E-state index is 12.5. The molecule has 0 amide bonds. The third-order valence-corrected chi connectivity index (χ3v) is 2.94. The van der Waals surface area contributed by atoms with E-state index in [2.05, 4.69) is 15.3 Å². The molecule has 1 aromatic rings. The summed E-state index contributed by atoms with van der Waals surface area (Å²) in [6.07, 6.45) is -1.57. The molecule has 4 nitrogen and oxygen atoms in total. The average molecular weight is 296 g/mol. The molecule has 1 aliphatic rings. The molecule has 0 aromatic carbocycles. The third kappa shape index (κ3) is 4.21. The van der Waals surface area contributed by atoms with Crippen LogP contribution in [0.25, 0.3) is 0 Å². The summed E-state index contributed by atoms with van der Waals surface area (Å²) in [7, 11) is 0. The topological polar surface area (TPSA) is 47.0 Å². The fourth-order valence-electron chi connectivity index (χ4n) is 1.84. The van der Waals surface area contributed by atoms with Gasteiger partial charge in [0.15, 0.2) is 5.69 Å². The van der Waals surface area contributed by atoms with Crippen LogP contribution in [0.2, 0.25) is 5.28 Å². The van der Waals surface area contributed by atoms with E-state index in [9.17, 15) is 13.2 Å². The summed E-state index contributed by atoms with van der Waals surface area (Å²) >= 11 is 5.48. The van der Waals surface area contributed by atoms with Gasteiger partial charge in [0.25, 0.3) is 0 Å². The van der Waals surface area contributed by atoms with E-state index in [-0.39, 0.29) is 11.9 Å². The molecule has 1 aliphatic heterocycles. The minimum atomic E-state index is -4.54. The van der Waals surface area contributed by atoms with Crippen molar-refractivity contribution in [2.75, 3.05) is 18.5 Å². The molecule has 8 heteroatoms. The van der Waals surface area contributed by atoms with Crippen LogP contribution in [-0.4, -0.2) is 29.2 Å². The normalized spacial score (nSPS) is 20.3. The minimum absolute atomic E-state index is 0.00294. The van der Waals surface area contributed by atoms with Crippen molar-refractivity contribution in [3.8, 4) is 0 Å². The first-order valence-electron chi connectivity index (χ1n) is 5.92. The predicted molar refractivity (Wildman–Crippen MR) is 64.1 cm³/mol. The summed E-state index contributed by atoms with van der Waals surface area (Å²) in [4.78, 5) is 6.88. The highest BCUT2D eigenvalue weighted by molar-refractivity contribution is 6.28. The second kappa shape index (κ2) is 5.92. The standard InChI is InChI=1S/C11H13ClF3N3O/c12-10-17-8(11(13,14)15)5-9(18-10)16-6-7-3-1-2-4-19-7/h5,7H,1-4,6H2,(H,16,17,18). The van der Waals surface area contributed by atoms with Gasteiger partial charge in [-0.15, -0.1) is 0 Å². The van der Waals surface area contributed by atoms with Crippen molar-refractivity contribution in [2.24, 2.45) is 0 Å². The maximum Gasteiger partial charge on any atom is 0.433 e. The first-order valence-corrected chi connectivity index (χ1v) is 6.30. The highest BCUT2D eigenvalue weighted by atomic mass is 35.5. The molecule has 0 aliphatic carbocycles. The molecule has 1 N–H and O–H groups in total. The van der Waals surface area contributed by atoms with Crippen LogP contribution in [-0.2, 0) is 10.9 Å². The number of hydrogen-bond acceptors (Lipinski definition) is 4. The van der Waals surface area contributed by atoms with Crippen LogP contribution in [0.4, 0.5) is 19.0 Å². The number of ether oxygens (including phenoxy) is 1. The molecule has 1 atom stereocenters. The number of aromatic nitrogens is 2. The van der Waals surface area contributed by atoms with Crippen LogP contribution in [0.15, 0.2) is 6.07 Å². The highest BCUT2D eigenvalue weighted by Gasteiger charge is 2.33. The van der Waals surface area contributed by atoms with Gasteiger partial charge in [-0.25, -0.2) is 9.97 Å². The molecular formula is C11H13ClF3N3O. The monoisotopic (exact) mass is 295 g/mol. The van der Waals surface area contributed by atoms with Crippen molar-refractivity contribution in [3.63, 3.8) is 0 Å². The smallest absolute Gasteiger partial charge is 0.376 e. The first-order chi connectivity index (χ1) is 8.95. The van der Waals surface area contributed by atoms with Crippen LogP contribution in [0, 0.1) is 0 Å². The van der Waals surface area contributed by atoms with Crippen LogP contribution < -0.4 is 5.32 Å². The molecule has 2 heterocycles. The van der Waals surface area contributed by atoms with E-state index in [1.54, 1.807) is 0 Å². The molecule has 0 bridgehead atoms. The quantitative estimate of drug-likeness (QED) is 0.870. The summed E-state index contributed by atoms with van der Waals surface area (Å²) in [5, 5.41) is 2.38. The number of alkyl halides is 3. The number of halogens is 4. The summed E-state index contributed by atoms with van der Waals surface area (Å²) in [6, 6.07) is 0.842. The van der Waals surface area contributed by atoms with Crippen LogP contribution in [0.3, 0.4) is 0 Å². The van der Waals surface area contributed by atoms with Crippen molar-refractivity contribution in [1.29, 1.82) is 0 Å². The lowest BCUT2D eigenvalue weighted by Gasteiger charge is -2.23. The van der Waals surface area contributed by atoms with Gasteiger partial charge in [-0.05, 0) is 30.9 Å². The lowest BCUT2D eigenvalue weighted by Crippen LogP contribution is -2.27. The predicted octanol–water partition coefficient (Wildman–Crippen LogP) is 3.13. The molecule has 2 rings (SSSR count). The zero-order chi connectivity index (χ0) is 13.9. The van der Waals surface area contributed by atoms with Gasteiger partial charge in [-0.3, -0.25) is 0 Å². The zero-order valence-corrected chi connectivity index (χ0v) is 10.8. The number of rotatable bonds is 3. The SMILES string of the molecule is FC(F)(F)c1cc(NCC2CCCCO2)nc(Cl)n1. The summed E-state index contributed by atoms with van der Waals surface area (Å²) < 4.78 is 43.1. The maximum absolute atomic E-state index is 12.5. The van der Waals surface area contributed by atoms with E-state index >= 15 is 0 Å². The number of nitrogens with one attached hydrogen (secondary N) is 1. The summed E-state index contributed by atoms with van der Waals surface area (Å²) in [5.74, 6) is 0.0569. The zero-order valence-electron chi connectivity index (χ0n) is 10.0. The lowest BCUT2D eigenvalue weighted by atomic mass is 10.1. The Morgan fingerprint density at radius 1 is 1.37 bits per heavy atom. The second-order valence-electron chi connectivity index (χ2n) is 4.27. The fraction of sp³-hybridized carbons (Fsp3) is 0.636. The van der Waals surface area contributed by atoms with E-state index in [1.807, 2.05) is 0 Å². The summed E-state index contributed by atoms with van der Waals surface area (Å²) in [5.41, 5.74) is -1.06. The second-order valence-corrected chi connectivity index (χ2v) is 4.61. The molecule has 0 spiro atoms. The van der Waals surface area contributed by atoms with Crippen LogP contribution >= 0.6 is 11.6 Å². The molecule has 1 aromatic heterocycles. The number of anilines is 1. The Morgan fingerprint density at radius 2 is 2.16 bits per heavy atom. The van der Waals surface area contributed by atoms with E-state index in [4.69, 9.17) is 16.3 Å². The van der Waals surface area contributed by atoms with Crippen LogP contribution in [0.1, 0.15) is 25.0 Å². The van der Waals surface area contributed by atoms with E-state index in [1.165, 1.54) is 0 Å². The Hall–Kier alpha value is -1.08. The van der Waals surface area contributed by atoms with Crippen molar-refractivity contribution >= 4 is 17.4 Å². The van der Waals surface area contributed by atoms with Crippen molar-refractivity contribution in [3.05, 3.63) is 17.0 Å². The van der Waals surface area contributed by atoms with Gasteiger partial charge in [-0.1, -0.05) is 0 Å². The number of nitrogens with zero attached hydrogens (tertiary/aromatic N) is 2. The van der Waals surface area contributed by atoms with Gasteiger partial charge >= 0.3 is 6.18 Å². The average Bonchev–Trinajstić information content (AvgIpc) is 2.36. The Kier molecular flexibility index (Phi) is 4.46. The Bertz CT molecular complexity index is 436. The largest absolute Gasteiger partial charge is 0.433 e. The summed E-state index contributed by atoms with van der Waals surface area (Å²) in [6.45, 7) is 1.09. The molecule has 1 fully saturated rings. The van der Waals surface area contributed by atoms with Gasteiger partial charge < -0.3 is 10.1 Å². The van der Waals surface area contributed by atoms with E-state index in [0.29, 0.717) is 13.2 Å². The van der Waals surface area contributed by atoms with Crippen molar-refractivity contribution in [1.82, 2.24) is 9.97 Å². The molecule has 0 saturated carbocycles. The molecular weight excluding hydrogens is 283 g/mol. The van der Waals surface area contributed by atoms with Crippen molar-refractivity contribution < 1.29 is 17.9 Å². The number of hydrogen-bond donors (Lipinski definition) is 1. The minimum Gasteiger partial charge on any atom is -0.376 e. The fourth-order valence-corrected chi connectivity index (χ4v) is 2.02. The van der Waals surface area contributed by atoms with Gasteiger partial charge in [-0.2, -0.15) is 13.2 Å². The Balaban J connectivity index is 2.01. The van der Waals surface area contributed by atoms with Gasteiger partial charge in [0.05, 0.1) is 6.10 Å². The van der Waals surface area contributed by atoms with Gasteiger partial charge in [0.1, 0.15) is 5.82 Å². The molecule has 19 heavy (non-hydrogen) atoms. The highest BCUT2D eigenvalue weighted by Crippen LogP contribution is 2.29. The Labute approximate surface area is 113 Å². The Morgan fingerprint density at radius 3 is 2.79 bits per heavy atom. The molecule has 1 unspecified atom stereocenters. The van der Waals surface area contributed by atoms with Crippen molar-refractivity contribution in [2.45, 2.75) is 31.5 Å².